The molecule has 1 rings (SSSR count). The monoisotopic (exact) mass is 233 g/mol. The number of nitrogens with zero attached hydrogens (tertiary/aromatic N) is 1. The van der Waals surface area contributed by atoms with Gasteiger partial charge in [0.1, 0.15) is 11.3 Å². The summed E-state index contributed by atoms with van der Waals surface area (Å²) in [6, 6.07) is 3.81. The Bertz CT molecular complexity index is 423. The number of nitriles is 1. The maximum Gasteiger partial charge on any atom is 0.421 e. The van der Waals surface area contributed by atoms with Crippen molar-refractivity contribution in [1.29, 1.82) is 5.26 Å². The molecule has 0 aliphatic heterocycles. The molecule has 0 radical (unpaired) electrons. The number of hydrogen-bond acceptors (Lipinski definition) is 3. The fourth-order valence-corrected chi connectivity index (χ4v) is 1.49. The zero-order chi connectivity index (χ0) is 11.6. The van der Waals surface area contributed by atoms with Crippen molar-refractivity contribution in [2.24, 2.45) is 0 Å². The number of benzene rings is 1. The van der Waals surface area contributed by atoms with E-state index in [-0.39, 0.29) is 10.5 Å². The topological polar surface area (TPSA) is 33.0 Å². The predicted molar refractivity (Wildman–Crippen MR) is 50.0 cm³/mol. The van der Waals surface area contributed by atoms with E-state index in [9.17, 15) is 13.2 Å². The Labute approximate surface area is 89.7 Å². The molecule has 0 aromatic heterocycles. The van der Waals surface area contributed by atoms with Gasteiger partial charge in [0.25, 0.3) is 0 Å². The largest absolute Gasteiger partial charge is 0.496 e. The van der Waals surface area contributed by atoms with Crippen LogP contribution in [-0.2, 0) is 6.18 Å². The maximum absolute atomic E-state index is 12.5. The van der Waals surface area contributed by atoms with Crippen molar-refractivity contribution in [3.05, 3.63) is 23.3 Å². The Morgan fingerprint density at radius 1 is 1.40 bits per heavy atom. The molecule has 1 aromatic rings. The maximum atomic E-state index is 12.5. The van der Waals surface area contributed by atoms with Crippen LogP contribution in [0.15, 0.2) is 17.0 Å². The van der Waals surface area contributed by atoms with Crippen LogP contribution in [0.25, 0.3) is 0 Å². The highest BCUT2D eigenvalue weighted by Crippen LogP contribution is 2.40. The van der Waals surface area contributed by atoms with E-state index in [0.29, 0.717) is 0 Å². The molecule has 0 spiro atoms. The molecule has 0 N–H and O–H groups in total. The van der Waals surface area contributed by atoms with E-state index in [0.717, 1.165) is 19.2 Å². The molecule has 0 unspecified atom stereocenters. The second-order valence-corrected chi connectivity index (χ2v) is 3.16. The van der Waals surface area contributed by atoms with Crippen LogP contribution in [0.1, 0.15) is 11.1 Å². The molecular formula is C9H6F3NOS. The molecule has 0 atom stereocenters. The minimum atomic E-state index is -4.55. The van der Waals surface area contributed by atoms with Gasteiger partial charge in [0, 0.05) is 4.90 Å². The van der Waals surface area contributed by atoms with Crippen molar-refractivity contribution in [2.75, 3.05) is 7.11 Å². The first-order valence-corrected chi connectivity index (χ1v) is 4.23. The summed E-state index contributed by atoms with van der Waals surface area (Å²) < 4.78 is 42.1. The van der Waals surface area contributed by atoms with E-state index in [4.69, 9.17) is 5.26 Å². The first-order valence-electron chi connectivity index (χ1n) is 3.78. The number of thiol groups is 1. The smallest absolute Gasteiger partial charge is 0.421 e. The van der Waals surface area contributed by atoms with Crippen molar-refractivity contribution in [3.63, 3.8) is 0 Å². The van der Waals surface area contributed by atoms with E-state index < -0.39 is 17.5 Å². The molecule has 80 valence electrons. The molecule has 0 saturated heterocycles. The Kier molecular flexibility index (Phi) is 3.15. The zero-order valence-electron chi connectivity index (χ0n) is 7.59. The van der Waals surface area contributed by atoms with Crippen LogP contribution in [0.5, 0.6) is 5.75 Å². The zero-order valence-corrected chi connectivity index (χ0v) is 8.49. The average Bonchev–Trinajstić information content (AvgIpc) is 2.14. The fourth-order valence-electron chi connectivity index (χ4n) is 1.11. The fraction of sp³-hybridized carbons (Fsp3) is 0.222. The van der Waals surface area contributed by atoms with E-state index in [1.165, 1.54) is 0 Å². The second-order valence-electron chi connectivity index (χ2n) is 2.68. The minimum absolute atomic E-state index is 0.0739. The molecule has 0 amide bonds. The summed E-state index contributed by atoms with van der Waals surface area (Å²) >= 11 is 3.69. The molecule has 0 saturated carbocycles. The quantitative estimate of drug-likeness (QED) is 0.756. The third-order valence-electron chi connectivity index (χ3n) is 1.71. The Morgan fingerprint density at radius 2 is 2.00 bits per heavy atom. The van der Waals surface area contributed by atoms with Crippen LogP contribution in [0.4, 0.5) is 13.2 Å². The Morgan fingerprint density at radius 3 is 2.40 bits per heavy atom. The third kappa shape index (κ3) is 2.36. The van der Waals surface area contributed by atoms with Crippen LogP contribution < -0.4 is 4.74 Å². The van der Waals surface area contributed by atoms with Gasteiger partial charge in [-0.3, -0.25) is 0 Å². The molecule has 0 heterocycles. The lowest BCUT2D eigenvalue weighted by molar-refractivity contribution is -0.140. The first-order chi connectivity index (χ1) is 6.90. The predicted octanol–water partition coefficient (Wildman–Crippen LogP) is 2.87. The normalized spacial score (nSPS) is 10.9. The number of halogens is 3. The van der Waals surface area contributed by atoms with Gasteiger partial charge in [0.2, 0.25) is 0 Å². The molecule has 0 bridgehead atoms. The number of rotatable bonds is 1. The molecule has 1 aromatic carbocycles. The van der Waals surface area contributed by atoms with Gasteiger partial charge < -0.3 is 4.74 Å². The number of alkyl halides is 3. The lowest BCUT2D eigenvalue weighted by Gasteiger charge is -2.14. The van der Waals surface area contributed by atoms with Crippen molar-refractivity contribution < 1.29 is 17.9 Å². The standard InChI is InChI=1S/C9H6F3NOS/c1-14-6-2-5(4-13)3-7(15)8(6)9(10,11)12/h2-3,15H,1H3. The van der Waals surface area contributed by atoms with Crippen LogP contribution in [0.3, 0.4) is 0 Å². The van der Waals surface area contributed by atoms with Gasteiger partial charge in [0.15, 0.2) is 0 Å². The van der Waals surface area contributed by atoms with Gasteiger partial charge >= 0.3 is 6.18 Å². The Balaban J connectivity index is 3.46. The minimum Gasteiger partial charge on any atom is -0.496 e. The average molecular weight is 233 g/mol. The first kappa shape index (κ1) is 11.7. The highest BCUT2D eigenvalue weighted by Gasteiger charge is 2.36. The molecular weight excluding hydrogens is 227 g/mol. The van der Waals surface area contributed by atoms with Crippen LogP contribution >= 0.6 is 12.6 Å². The summed E-state index contributed by atoms with van der Waals surface area (Å²) in [7, 11) is 1.11. The highest BCUT2D eigenvalue weighted by atomic mass is 32.1. The van der Waals surface area contributed by atoms with Crippen LogP contribution in [-0.4, -0.2) is 7.11 Å². The molecule has 0 aliphatic carbocycles. The molecule has 0 aliphatic rings. The van der Waals surface area contributed by atoms with E-state index >= 15 is 0 Å². The lowest BCUT2D eigenvalue weighted by Crippen LogP contribution is -2.09. The summed E-state index contributed by atoms with van der Waals surface area (Å²) in [5.74, 6) is -0.397. The van der Waals surface area contributed by atoms with Gasteiger partial charge in [-0.05, 0) is 12.1 Å². The summed E-state index contributed by atoms with van der Waals surface area (Å²) in [6.45, 7) is 0. The summed E-state index contributed by atoms with van der Waals surface area (Å²) in [5, 5.41) is 8.55. The SMILES string of the molecule is COc1cc(C#N)cc(S)c1C(F)(F)F. The van der Waals surface area contributed by atoms with Crippen LogP contribution in [0, 0.1) is 11.3 Å². The molecule has 15 heavy (non-hydrogen) atoms. The lowest BCUT2D eigenvalue weighted by atomic mass is 10.1. The van der Waals surface area contributed by atoms with E-state index in [1.54, 1.807) is 6.07 Å². The molecule has 0 fully saturated rings. The summed E-state index contributed by atoms with van der Waals surface area (Å²) in [4.78, 5) is -0.321. The van der Waals surface area contributed by atoms with Gasteiger partial charge in [-0.2, -0.15) is 18.4 Å². The number of ether oxygens (including phenoxy) is 1. The third-order valence-corrected chi connectivity index (χ3v) is 2.07. The van der Waals surface area contributed by atoms with Gasteiger partial charge in [-0.25, -0.2) is 0 Å². The summed E-state index contributed by atoms with van der Waals surface area (Å²) in [5.41, 5.74) is -0.891. The highest BCUT2D eigenvalue weighted by molar-refractivity contribution is 7.80. The van der Waals surface area contributed by atoms with Gasteiger partial charge in [-0.1, -0.05) is 0 Å². The molecule has 2 nitrogen and oxygen atoms in total. The van der Waals surface area contributed by atoms with Crippen molar-refractivity contribution in [1.82, 2.24) is 0 Å². The summed E-state index contributed by atoms with van der Waals surface area (Å²) in [6.07, 6.45) is -4.55. The van der Waals surface area contributed by atoms with Gasteiger partial charge in [-0.15, -0.1) is 12.6 Å². The van der Waals surface area contributed by atoms with E-state index in [2.05, 4.69) is 17.4 Å². The van der Waals surface area contributed by atoms with Crippen molar-refractivity contribution in [2.45, 2.75) is 11.1 Å². The Hall–Kier alpha value is -1.35. The van der Waals surface area contributed by atoms with Gasteiger partial charge in [0.05, 0.1) is 18.7 Å². The van der Waals surface area contributed by atoms with Crippen LogP contribution in [0.2, 0.25) is 0 Å². The number of methoxy groups -OCH3 is 1. The number of hydrogen-bond donors (Lipinski definition) is 1. The van der Waals surface area contributed by atoms with Crippen molar-refractivity contribution in [3.8, 4) is 11.8 Å². The van der Waals surface area contributed by atoms with Crippen molar-refractivity contribution >= 4 is 12.6 Å². The van der Waals surface area contributed by atoms with E-state index in [1.807, 2.05) is 0 Å². The second kappa shape index (κ2) is 4.03. The molecule has 6 heteroatoms.